The van der Waals surface area contributed by atoms with Crippen molar-refractivity contribution in [1.82, 2.24) is 26.2 Å². The maximum Gasteiger partial charge on any atom is 0.353 e. The molecule has 3 aliphatic rings. The number of carbonyl (C=O) groups excluding carboxylic acids is 2. The predicted molar refractivity (Wildman–Crippen MR) is 120 cm³/mol. The van der Waals surface area contributed by atoms with Gasteiger partial charge in [0.2, 0.25) is 11.8 Å². The van der Waals surface area contributed by atoms with Gasteiger partial charge in [0.1, 0.15) is 5.70 Å². The summed E-state index contributed by atoms with van der Waals surface area (Å²) in [6.07, 6.45) is -0.269. The third kappa shape index (κ3) is 4.66. The van der Waals surface area contributed by atoms with Crippen LogP contribution in [0.15, 0.2) is 10.6 Å². The first-order chi connectivity index (χ1) is 14.7. The van der Waals surface area contributed by atoms with Crippen molar-refractivity contribution in [3.8, 4) is 0 Å². The summed E-state index contributed by atoms with van der Waals surface area (Å²) >= 11 is 6.40. The van der Waals surface area contributed by atoms with Gasteiger partial charge in [-0.15, -0.1) is 11.8 Å². The number of hydrogen-bond donors (Lipinski definition) is 6. The van der Waals surface area contributed by atoms with Crippen molar-refractivity contribution < 1.29 is 24.6 Å². The molecule has 0 aliphatic carbocycles. The van der Waals surface area contributed by atoms with Crippen molar-refractivity contribution in [2.75, 3.05) is 26.7 Å². The lowest BCUT2D eigenvalue weighted by molar-refractivity contribution is -0.163. The molecular formula is C19H29N5O5S2. The highest BCUT2D eigenvalue weighted by molar-refractivity contribution is 8.03. The summed E-state index contributed by atoms with van der Waals surface area (Å²) in [5, 5.41) is 32.0. The molecule has 3 heterocycles. The average molecular weight is 472 g/mol. The quantitative estimate of drug-likeness (QED) is 0.145. The number of β-lactam (4-membered cyclic amide) rings is 1. The van der Waals surface area contributed by atoms with Crippen LogP contribution in [-0.2, 0) is 14.4 Å². The molecule has 2 amide bonds. The Morgan fingerprint density at radius 3 is 2.65 bits per heavy atom. The molecule has 0 saturated carbocycles. The van der Waals surface area contributed by atoms with Gasteiger partial charge in [0, 0.05) is 42.8 Å². The van der Waals surface area contributed by atoms with Crippen LogP contribution in [0, 0.1) is 11.8 Å². The van der Waals surface area contributed by atoms with Crippen molar-refractivity contribution >= 4 is 46.9 Å². The SMILES string of the molecule is CNC(=S)NCCNC(=O)C1C[C@@H](SC2=C(C(=O)O)N3C(=O)C([C@@H](C)O)C3[C@H]2C)CN1. The summed E-state index contributed by atoms with van der Waals surface area (Å²) < 4.78 is 0. The Hall–Kier alpha value is -1.89. The first-order valence-corrected chi connectivity index (χ1v) is 11.6. The minimum Gasteiger partial charge on any atom is -0.477 e. The lowest BCUT2D eigenvalue weighted by Crippen LogP contribution is -2.63. The maximum atomic E-state index is 12.4. The second-order valence-corrected chi connectivity index (χ2v) is 9.76. The van der Waals surface area contributed by atoms with Gasteiger partial charge in [0.15, 0.2) is 5.11 Å². The molecule has 0 spiro atoms. The zero-order chi connectivity index (χ0) is 22.9. The number of carboxylic acid groups (broad SMARTS) is 1. The van der Waals surface area contributed by atoms with E-state index in [2.05, 4.69) is 21.3 Å². The molecule has 6 atom stereocenters. The van der Waals surface area contributed by atoms with Gasteiger partial charge in [-0.1, -0.05) is 6.92 Å². The van der Waals surface area contributed by atoms with E-state index >= 15 is 0 Å². The van der Waals surface area contributed by atoms with E-state index in [1.807, 2.05) is 6.92 Å². The van der Waals surface area contributed by atoms with Gasteiger partial charge in [0.05, 0.1) is 24.1 Å². The van der Waals surface area contributed by atoms with Gasteiger partial charge < -0.3 is 36.4 Å². The monoisotopic (exact) mass is 471 g/mol. The molecule has 0 aromatic carbocycles. The van der Waals surface area contributed by atoms with Crippen molar-refractivity contribution in [2.24, 2.45) is 11.8 Å². The van der Waals surface area contributed by atoms with E-state index in [1.54, 1.807) is 14.0 Å². The van der Waals surface area contributed by atoms with Crippen LogP contribution >= 0.6 is 24.0 Å². The van der Waals surface area contributed by atoms with Crippen LogP contribution in [0.5, 0.6) is 0 Å². The van der Waals surface area contributed by atoms with Crippen molar-refractivity contribution in [3.63, 3.8) is 0 Å². The molecule has 3 rings (SSSR count). The van der Waals surface area contributed by atoms with E-state index in [-0.39, 0.29) is 40.8 Å². The normalized spacial score (nSPS) is 30.5. The van der Waals surface area contributed by atoms with E-state index in [0.717, 1.165) is 0 Å². The summed E-state index contributed by atoms with van der Waals surface area (Å²) in [5.41, 5.74) is 0.0175. The number of aliphatic carboxylic acids is 1. The summed E-state index contributed by atoms with van der Waals surface area (Å²) in [6.45, 7) is 4.96. The fourth-order valence-electron chi connectivity index (χ4n) is 4.42. The topological polar surface area (TPSA) is 143 Å². The van der Waals surface area contributed by atoms with E-state index in [4.69, 9.17) is 12.2 Å². The molecule has 3 unspecified atom stereocenters. The number of carboxylic acids is 1. The molecule has 2 fully saturated rings. The molecule has 6 N–H and O–H groups in total. The number of nitrogens with zero attached hydrogens (tertiary/aromatic N) is 1. The van der Waals surface area contributed by atoms with E-state index in [0.29, 0.717) is 36.1 Å². The third-order valence-electron chi connectivity index (χ3n) is 5.95. The summed E-state index contributed by atoms with van der Waals surface area (Å²) in [7, 11) is 1.72. The first-order valence-electron chi connectivity index (χ1n) is 10.3. The smallest absolute Gasteiger partial charge is 0.353 e. The van der Waals surface area contributed by atoms with Crippen LogP contribution in [0.1, 0.15) is 20.3 Å². The number of rotatable bonds is 8. The lowest BCUT2D eigenvalue weighted by Gasteiger charge is -2.46. The number of amides is 2. The zero-order valence-corrected chi connectivity index (χ0v) is 19.3. The minimum absolute atomic E-state index is 0.0105. The number of thioether (sulfide) groups is 1. The molecule has 10 nitrogen and oxygen atoms in total. The number of aliphatic hydroxyl groups excluding tert-OH is 1. The van der Waals surface area contributed by atoms with Gasteiger partial charge in [-0.3, -0.25) is 9.59 Å². The Kier molecular flexibility index (Phi) is 7.45. The molecule has 0 radical (unpaired) electrons. The fraction of sp³-hybridized carbons (Fsp3) is 0.684. The molecule has 172 valence electrons. The number of nitrogens with one attached hydrogen (secondary N) is 4. The highest BCUT2D eigenvalue weighted by atomic mass is 32.2. The van der Waals surface area contributed by atoms with Gasteiger partial charge in [-0.25, -0.2) is 4.79 Å². The van der Waals surface area contributed by atoms with Crippen LogP contribution in [-0.4, -0.2) is 88.1 Å². The van der Waals surface area contributed by atoms with Crippen LogP contribution < -0.4 is 21.3 Å². The number of carbonyl (C=O) groups is 3. The Bertz CT molecular complexity index is 805. The largest absolute Gasteiger partial charge is 0.477 e. The summed E-state index contributed by atoms with van der Waals surface area (Å²) in [4.78, 5) is 38.7. The average Bonchev–Trinajstić information content (AvgIpc) is 3.27. The van der Waals surface area contributed by atoms with E-state index in [9.17, 15) is 24.6 Å². The second kappa shape index (κ2) is 9.72. The second-order valence-electron chi connectivity index (χ2n) is 8.01. The fourth-order valence-corrected chi connectivity index (χ4v) is 6.01. The van der Waals surface area contributed by atoms with Gasteiger partial charge >= 0.3 is 5.97 Å². The van der Waals surface area contributed by atoms with Crippen molar-refractivity contribution in [3.05, 3.63) is 10.6 Å². The molecule has 2 saturated heterocycles. The van der Waals surface area contributed by atoms with Crippen molar-refractivity contribution in [2.45, 2.75) is 43.7 Å². The van der Waals surface area contributed by atoms with Crippen LogP contribution in [0.4, 0.5) is 0 Å². The Labute approximate surface area is 190 Å². The van der Waals surface area contributed by atoms with E-state index < -0.39 is 18.0 Å². The summed E-state index contributed by atoms with van der Waals surface area (Å²) in [6, 6.07) is -0.686. The molecule has 0 aromatic rings. The van der Waals surface area contributed by atoms with Crippen LogP contribution in [0.25, 0.3) is 0 Å². The van der Waals surface area contributed by atoms with Gasteiger partial charge in [-0.2, -0.15) is 0 Å². The number of thiocarbonyl (C=S) groups is 1. The molecule has 0 bridgehead atoms. The molecule has 3 aliphatic heterocycles. The highest BCUT2D eigenvalue weighted by Gasteiger charge is 2.60. The van der Waals surface area contributed by atoms with Crippen LogP contribution in [0.3, 0.4) is 0 Å². The van der Waals surface area contributed by atoms with Crippen molar-refractivity contribution in [1.29, 1.82) is 0 Å². The number of aliphatic hydroxyl groups is 1. The minimum atomic E-state index is -1.14. The number of hydrogen-bond acceptors (Lipinski definition) is 7. The third-order valence-corrected chi connectivity index (χ3v) is 7.81. The van der Waals surface area contributed by atoms with E-state index in [1.165, 1.54) is 16.7 Å². The van der Waals surface area contributed by atoms with Crippen LogP contribution in [0.2, 0.25) is 0 Å². The first kappa shape index (κ1) is 23.8. The summed E-state index contributed by atoms with van der Waals surface area (Å²) in [5.74, 6) is -2.34. The van der Waals surface area contributed by atoms with Gasteiger partial charge in [-0.05, 0) is 25.6 Å². The molecule has 12 heteroatoms. The maximum absolute atomic E-state index is 12.4. The molecular weight excluding hydrogens is 442 g/mol. The standard InChI is InChI=1S/C19H29N5O5S2/c1-8-13-12(9(2)25)17(27)24(13)14(18(28)29)15(8)31-10-6-11(23-7-10)16(26)21-4-5-22-19(30)20-3/h8-13,23,25H,4-7H2,1-3H3,(H,21,26)(H,28,29)(H2,20,22,30)/t8-,9-,10-,11?,12?,13?/m1/s1. The lowest BCUT2D eigenvalue weighted by atomic mass is 9.79. The van der Waals surface area contributed by atoms with Gasteiger partial charge in [0.25, 0.3) is 0 Å². The Morgan fingerprint density at radius 2 is 2.03 bits per heavy atom. The number of fused-ring (bicyclic) bond motifs is 1. The Balaban J connectivity index is 1.58. The predicted octanol–water partition coefficient (Wildman–Crippen LogP) is -1.19. The molecule has 0 aromatic heterocycles. The molecule has 31 heavy (non-hydrogen) atoms. The Morgan fingerprint density at radius 1 is 1.35 bits per heavy atom. The zero-order valence-electron chi connectivity index (χ0n) is 17.7. The highest BCUT2D eigenvalue weighted by Crippen LogP contribution is 2.51.